The molecule has 1 aromatic heterocycles. The average molecular weight is 429 g/mol. The number of carbonyl (C=O) groups excluding carboxylic acids is 1. The van der Waals surface area contributed by atoms with E-state index < -0.39 is 12.0 Å². The van der Waals surface area contributed by atoms with Crippen LogP contribution in [0.15, 0.2) is 23.3 Å². The van der Waals surface area contributed by atoms with E-state index in [1.807, 2.05) is 20.8 Å². The number of hydrogen-bond acceptors (Lipinski definition) is 5. The number of carbonyl (C=O) groups is 2. The number of nitrogens with two attached hydrogens (primary N) is 1. The van der Waals surface area contributed by atoms with Crippen LogP contribution in [0.2, 0.25) is 0 Å². The molecule has 1 amide bonds. The van der Waals surface area contributed by atoms with E-state index in [-0.39, 0.29) is 24.2 Å². The van der Waals surface area contributed by atoms with Crippen LogP contribution in [-0.4, -0.2) is 33.7 Å². The molecule has 0 bridgehead atoms. The van der Waals surface area contributed by atoms with Gasteiger partial charge in [0.05, 0.1) is 28.5 Å². The number of fused-ring (bicyclic) bond motifs is 4. The molecule has 8 heteroatoms. The van der Waals surface area contributed by atoms with E-state index in [4.69, 9.17) is 15.8 Å². The molecule has 0 saturated carbocycles. The summed E-state index contributed by atoms with van der Waals surface area (Å²) in [5.74, 6) is -0.749. The van der Waals surface area contributed by atoms with Gasteiger partial charge in [-0.25, -0.2) is 9.18 Å². The topological polar surface area (TPSA) is 106 Å². The smallest absolute Gasteiger partial charge is 0.450 e. The number of aromatic nitrogens is 1. The number of halogens is 1. The summed E-state index contributed by atoms with van der Waals surface area (Å²) in [6.45, 7) is 7.99. The van der Waals surface area contributed by atoms with E-state index in [1.165, 1.54) is 6.07 Å². The summed E-state index contributed by atoms with van der Waals surface area (Å²) < 4.78 is 18.7. The molecule has 0 aliphatic carbocycles. The van der Waals surface area contributed by atoms with Crippen LogP contribution >= 0.6 is 0 Å². The summed E-state index contributed by atoms with van der Waals surface area (Å²) in [6, 6.07) is 2.73. The van der Waals surface area contributed by atoms with Gasteiger partial charge >= 0.3 is 6.16 Å². The minimum Gasteiger partial charge on any atom is -0.450 e. The third-order valence-corrected chi connectivity index (χ3v) is 5.75. The molecule has 166 valence electrons. The highest BCUT2D eigenvalue weighted by Gasteiger charge is 2.41. The molecule has 0 spiro atoms. The van der Waals surface area contributed by atoms with E-state index in [9.17, 15) is 14.0 Å². The monoisotopic (exact) mass is 429 g/mol. The Labute approximate surface area is 180 Å². The third-order valence-electron chi connectivity index (χ3n) is 5.75. The van der Waals surface area contributed by atoms with Crippen molar-refractivity contribution >= 4 is 28.7 Å². The number of carboxylic acid groups (broad SMARTS) is 1. The standard InChI is InChI=1S/C21H22FN3O4.C2H6/c1-3-4-11-12-6-16(23)15(22)7-17(12)24-19-13(11)8-25-18(19)5-10(2)14(20(25)26)9-29-21(27)28;1-2/h6-7,18H,3-5,8-9,23H2,1-2H3,(H,27,28);1-2H3. The number of rotatable bonds is 4. The number of amides is 1. The normalized spacial score (nSPS) is 17.3. The Kier molecular flexibility index (Phi) is 6.48. The minimum absolute atomic E-state index is 0.0778. The second-order valence-electron chi connectivity index (χ2n) is 7.56. The SMILES string of the molecule is CC.CCCc1c2c(nc3cc(F)c(N)cc13)C1CC(C)=C(COC(=O)O)C(=O)N1C2. The van der Waals surface area contributed by atoms with Crippen LogP contribution in [0.25, 0.3) is 10.9 Å². The summed E-state index contributed by atoms with van der Waals surface area (Å²) in [7, 11) is 0. The fourth-order valence-electron chi connectivity index (χ4n) is 4.35. The van der Waals surface area contributed by atoms with Crippen LogP contribution in [0.5, 0.6) is 0 Å². The summed E-state index contributed by atoms with van der Waals surface area (Å²) >= 11 is 0. The Morgan fingerprint density at radius 3 is 2.74 bits per heavy atom. The zero-order chi connectivity index (χ0) is 22.9. The molecule has 31 heavy (non-hydrogen) atoms. The van der Waals surface area contributed by atoms with Crippen LogP contribution in [0.1, 0.15) is 63.4 Å². The Balaban J connectivity index is 0.00000132. The van der Waals surface area contributed by atoms with Crippen molar-refractivity contribution in [3.8, 4) is 0 Å². The third kappa shape index (κ3) is 3.94. The lowest BCUT2D eigenvalue weighted by molar-refractivity contribution is -0.131. The van der Waals surface area contributed by atoms with Crippen LogP contribution in [0.3, 0.4) is 0 Å². The average Bonchev–Trinajstić information content (AvgIpc) is 3.09. The zero-order valence-electron chi connectivity index (χ0n) is 18.3. The maximum atomic E-state index is 14.1. The molecule has 3 heterocycles. The van der Waals surface area contributed by atoms with Crippen molar-refractivity contribution in [2.45, 2.75) is 59.5 Å². The fourth-order valence-corrected chi connectivity index (χ4v) is 4.35. The van der Waals surface area contributed by atoms with Crippen molar-refractivity contribution in [3.63, 3.8) is 0 Å². The highest BCUT2D eigenvalue weighted by atomic mass is 19.1. The summed E-state index contributed by atoms with van der Waals surface area (Å²) in [5.41, 5.74) is 10.4. The number of ether oxygens (including phenoxy) is 1. The number of aryl methyl sites for hydroxylation is 1. The first-order valence-corrected chi connectivity index (χ1v) is 10.6. The molecule has 1 aromatic carbocycles. The predicted molar refractivity (Wildman–Crippen MR) is 116 cm³/mol. The number of benzene rings is 1. The van der Waals surface area contributed by atoms with Crippen LogP contribution in [0.4, 0.5) is 14.9 Å². The van der Waals surface area contributed by atoms with Crippen molar-refractivity contribution < 1.29 is 23.8 Å². The highest BCUT2D eigenvalue weighted by molar-refractivity contribution is 5.97. The number of anilines is 1. The molecule has 2 aliphatic rings. The van der Waals surface area contributed by atoms with Gasteiger partial charge in [-0.2, -0.15) is 0 Å². The molecular weight excluding hydrogens is 401 g/mol. The number of pyridine rings is 1. The maximum absolute atomic E-state index is 14.1. The molecule has 2 aromatic rings. The predicted octanol–water partition coefficient (Wildman–Crippen LogP) is 4.73. The Hall–Kier alpha value is -3.16. The van der Waals surface area contributed by atoms with Crippen LogP contribution in [0, 0.1) is 5.82 Å². The summed E-state index contributed by atoms with van der Waals surface area (Å²) in [4.78, 5) is 30.2. The second-order valence-corrected chi connectivity index (χ2v) is 7.56. The second kappa shape index (κ2) is 8.91. The first kappa shape index (κ1) is 22.5. The van der Waals surface area contributed by atoms with E-state index in [0.29, 0.717) is 24.1 Å². The summed E-state index contributed by atoms with van der Waals surface area (Å²) in [5, 5.41) is 9.59. The van der Waals surface area contributed by atoms with Crippen molar-refractivity contribution in [3.05, 3.63) is 45.9 Å². The van der Waals surface area contributed by atoms with Gasteiger partial charge in [-0.15, -0.1) is 0 Å². The largest absolute Gasteiger partial charge is 0.506 e. The van der Waals surface area contributed by atoms with E-state index in [0.717, 1.165) is 40.6 Å². The molecule has 0 saturated heterocycles. The van der Waals surface area contributed by atoms with Gasteiger partial charge < -0.3 is 20.5 Å². The van der Waals surface area contributed by atoms with Crippen LogP contribution in [-0.2, 0) is 22.5 Å². The van der Waals surface area contributed by atoms with Crippen molar-refractivity contribution in [2.24, 2.45) is 0 Å². The first-order chi connectivity index (χ1) is 14.8. The number of nitrogens with zero attached hydrogens (tertiary/aromatic N) is 2. The van der Waals surface area contributed by atoms with Gasteiger partial charge in [-0.1, -0.05) is 32.8 Å². The lowest BCUT2D eigenvalue weighted by Crippen LogP contribution is -2.36. The number of nitrogen functional groups attached to an aromatic ring is 1. The fraction of sp³-hybridized carbons (Fsp3) is 0.435. The molecule has 4 rings (SSSR count). The molecular formula is C23H28FN3O4. The lowest BCUT2D eigenvalue weighted by Gasteiger charge is -2.31. The lowest BCUT2D eigenvalue weighted by atomic mass is 9.92. The Morgan fingerprint density at radius 1 is 1.39 bits per heavy atom. The van der Waals surface area contributed by atoms with Crippen LogP contribution < -0.4 is 5.73 Å². The molecule has 2 aliphatic heterocycles. The van der Waals surface area contributed by atoms with E-state index >= 15 is 0 Å². The van der Waals surface area contributed by atoms with Gasteiger partial charge in [0.25, 0.3) is 5.91 Å². The van der Waals surface area contributed by atoms with Gasteiger partial charge in [0, 0.05) is 18.0 Å². The zero-order valence-corrected chi connectivity index (χ0v) is 18.3. The Morgan fingerprint density at radius 2 is 2.10 bits per heavy atom. The van der Waals surface area contributed by atoms with Gasteiger partial charge in [0.15, 0.2) is 0 Å². The van der Waals surface area contributed by atoms with Gasteiger partial charge in [0.2, 0.25) is 0 Å². The minimum atomic E-state index is -1.41. The van der Waals surface area contributed by atoms with E-state index in [1.54, 1.807) is 11.0 Å². The number of hydrogen-bond donors (Lipinski definition) is 2. The highest BCUT2D eigenvalue weighted by Crippen LogP contribution is 2.44. The van der Waals surface area contributed by atoms with Gasteiger partial charge in [-0.05, 0) is 37.0 Å². The molecule has 1 atom stereocenters. The summed E-state index contributed by atoms with van der Waals surface area (Å²) in [6.07, 6.45) is 0.778. The molecule has 3 N–H and O–H groups in total. The van der Waals surface area contributed by atoms with E-state index in [2.05, 4.69) is 11.7 Å². The first-order valence-electron chi connectivity index (χ1n) is 10.6. The van der Waals surface area contributed by atoms with Crippen molar-refractivity contribution in [1.82, 2.24) is 9.88 Å². The van der Waals surface area contributed by atoms with Crippen molar-refractivity contribution in [1.29, 1.82) is 0 Å². The van der Waals surface area contributed by atoms with Crippen molar-refractivity contribution in [2.75, 3.05) is 12.3 Å². The van der Waals surface area contributed by atoms with Gasteiger partial charge in [0.1, 0.15) is 12.4 Å². The molecule has 0 fully saturated rings. The Bertz CT molecular complexity index is 1080. The molecule has 1 unspecified atom stereocenters. The van der Waals surface area contributed by atoms with Gasteiger partial charge in [-0.3, -0.25) is 9.78 Å². The quantitative estimate of drug-likeness (QED) is 0.537. The molecule has 7 nitrogen and oxygen atoms in total. The maximum Gasteiger partial charge on any atom is 0.506 e. The molecule has 0 radical (unpaired) electrons.